The van der Waals surface area contributed by atoms with Gasteiger partial charge in [-0.2, -0.15) is 8.78 Å². The molecule has 20 heavy (non-hydrogen) atoms. The Bertz CT molecular complexity index is 587. The third-order valence-corrected chi connectivity index (χ3v) is 2.76. The molecule has 2 rings (SSSR count). The summed E-state index contributed by atoms with van der Waals surface area (Å²) < 4.78 is 33.2. The number of nitrogens with two attached hydrogens (primary N) is 1. The summed E-state index contributed by atoms with van der Waals surface area (Å²) >= 11 is 0. The molecule has 0 aliphatic rings. The van der Waals surface area contributed by atoms with Crippen molar-refractivity contribution < 1.29 is 18.3 Å². The smallest absolute Gasteiger partial charge is 0.294 e. The van der Waals surface area contributed by atoms with E-state index >= 15 is 0 Å². The van der Waals surface area contributed by atoms with Gasteiger partial charge in [0.25, 0.3) is 5.92 Å². The minimum atomic E-state index is -3.43. The predicted molar refractivity (Wildman–Crippen MR) is 70.9 cm³/mol. The minimum absolute atomic E-state index is 0.0325. The van der Waals surface area contributed by atoms with E-state index in [4.69, 9.17) is 10.5 Å². The lowest BCUT2D eigenvalue weighted by molar-refractivity contribution is -0.118. The van der Waals surface area contributed by atoms with Crippen LogP contribution >= 0.6 is 0 Å². The summed E-state index contributed by atoms with van der Waals surface area (Å²) in [5.41, 5.74) is 4.77. The number of rotatable bonds is 5. The number of aldehydes is 1. The number of hydrogen-bond acceptors (Lipinski definition) is 3. The van der Waals surface area contributed by atoms with Crippen LogP contribution in [0.15, 0.2) is 54.6 Å². The number of carbonyl (C=O) groups excluding carboxylic acids is 1. The molecule has 2 aromatic carbocycles. The number of halogens is 2. The van der Waals surface area contributed by atoms with E-state index in [0.717, 1.165) is 0 Å². The molecule has 0 radical (unpaired) electrons. The predicted octanol–water partition coefficient (Wildman–Crippen LogP) is 3.10. The Morgan fingerprint density at radius 3 is 2.35 bits per heavy atom. The topological polar surface area (TPSA) is 52.3 Å². The van der Waals surface area contributed by atoms with Gasteiger partial charge in [-0.25, -0.2) is 0 Å². The van der Waals surface area contributed by atoms with Gasteiger partial charge in [0.2, 0.25) is 0 Å². The van der Waals surface area contributed by atoms with Crippen LogP contribution in [0.3, 0.4) is 0 Å². The Morgan fingerprint density at radius 2 is 1.70 bits per heavy atom. The first-order chi connectivity index (χ1) is 9.54. The van der Waals surface area contributed by atoms with Crippen molar-refractivity contribution in [3.8, 4) is 11.5 Å². The van der Waals surface area contributed by atoms with Crippen LogP contribution in [0.4, 0.5) is 8.78 Å². The number of ether oxygens (including phenoxy) is 1. The molecule has 3 nitrogen and oxygen atoms in total. The number of alkyl halides is 2. The third-order valence-electron chi connectivity index (χ3n) is 2.76. The van der Waals surface area contributed by atoms with Gasteiger partial charge >= 0.3 is 0 Å². The fourth-order valence-electron chi connectivity index (χ4n) is 1.67. The van der Waals surface area contributed by atoms with Crippen molar-refractivity contribution in [3.63, 3.8) is 0 Å². The summed E-state index contributed by atoms with van der Waals surface area (Å²) in [6, 6.07) is 12.3. The second kappa shape index (κ2) is 5.79. The molecule has 2 aromatic rings. The van der Waals surface area contributed by atoms with Gasteiger partial charge in [-0.15, -0.1) is 0 Å². The first-order valence-electron chi connectivity index (χ1n) is 5.96. The van der Waals surface area contributed by atoms with Gasteiger partial charge in [0.1, 0.15) is 23.8 Å². The van der Waals surface area contributed by atoms with Gasteiger partial charge in [0, 0.05) is 5.56 Å². The minimum Gasteiger partial charge on any atom is -0.457 e. The summed E-state index contributed by atoms with van der Waals surface area (Å²) in [5.74, 6) is -2.64. The van der Waals surface area contributed by atoms with Crippen molar-refractivity contribution in [2.45, 2.75) is 12.0 Å². The van der Waals surface area contributed by atoms with Crippen LogP contribution < -0.4 is 10.5 Å². The number of benzene rings is 2. The van der Waals surface area contributed by atoms with Crippen molar-refractivity contribution in [2.75, 3.05) is 0 Å². The van der Waals surface area contributed by atoms with E-state index in [1.807, 2.05) is 6.07 Å². The van der Waals surface area contributed by atoms with Gasteiger partial charge in [-0.3, -0.25) is 0 Å². The normalized spacial score (nSPS) is 12.8. The standard InChI is InChI=1S/C15H13F2NO2/c16-15(17,14(18)10-19)11-5-4-8-13(9-11)20-12-6-2-1-3-7-12/h1-10,14H,18H2. The van der Waals surface area contributed by atoms with E-state index in [9.17, 15) is 13.6 Å². The molecule has 0 aliphatic carbocycles. The van der Waals surface area contributed by atoms with Crippen LogP contribution in [0.25, 0.3) is 0 Å². The van der Waals surface area contributed by atoms with Gasteiger partial charge in [-0.1, -0.05) is 30.3 Å². The zero-order valence-electron chi connectivity index (χ0n) is 10.5. The number of carbonyl (C=O) groups is 1. The highest BCUT2D eigenvalue weighted by atomic mass is 19.3. The van der Waals surface area contributed by atoms with Gasteiger partial charge < -0.3 is 15.3 Å². The molecular weight excluding hydrogens is 264 g/mol. The fourth-order valence-corrected chi connectivity index (χ4v) is 1.67. The number of hydrogen-bond donors (Lipinski definition) is 1. The molecule has 1 unspecified atom stereocenters. The summed E-state index contributed by atoms with van der Waals surface area (Å²) in [4.78, 5) is 10.5. The Balaban J connectivity index is 2.26. The Morgan fingerprint density at radius 1 is 1.05 bits per heavy atom. The highest BCUT2D eigenvalue weighted by Gasteiger charge is 2.39. The maximum absolute atomic E-state index is 13.9. The highest BCUT2D eigenvalue weighted by Crippen LogP contribution is 2.33. The second-order valence-corrected chi connectivity index (χ2v) is 4.23. The zero-order chi connectivity index (χ0) is 14.6. The fraction of sp³-hybridized carbons (Fsp3) is 0.133. The Labute approximate surface area is 115 Å². The monoisotopic (exact) mass is 277 g/mol. The molecule has 0 heterocycles. The van der Waals surface area contributed by atoms with Crippen molar-refractivity contribution in [3.05, 3.63) is 60.2 Å². The lowest BCUT2D eigenvalue weighted by Crippen LogP contribution is -2.39. The van der Waals surface area contributed by atoms with E-state index in [0.29, 0.717) is 5.75 Å². The van der Waals surface area contributed by atoms with E-state index in [2.05, 4.69) is 0 Å². The average molecular weight is 277 g/mol. The van der Waals surface area contributed by atoms with E-state index < -0.39 is 12.0 Å². The van der Waals surface area contributed by atoms with E-state index in [1.54, 1.807) is 30.3 Å². The van der Waals surface area contributed by atoms with Crippen molar-refractivity contribution in [2.24, 2.45) is 5.73 Å². The van der Waals surface area contributed by atoms with Crippen LogP contribution in [-0.2, 0) is 10.7 Å². The first kappa shape index (κ1) is 14.1. The molecule has 0 saturated heterocycles. The van der Waals surface area contributed by atoms with Crippen molar-refractivity contribution >= 4 is 6.29 Å². The zero-order valence-corrected chi connectivity index (χ0v) is 10.5. The molecule has 0 bridgehead atoms. The van der Waals surface area contributed by atoms with Crippen LogP contribution in [-0.4, -0.2) is 12.3 Å². The second-order valence-electron chi connectivity index (χ2n) is 4.23. The molecule has 0 spiro atoms. The quantitative estimate of drug-likeness (QED) is 0.854. The number of para-hydroxylation sites is 1. The van der Waals surface area contributed by atoms with Crippen LogP contribution in [0.2, 0.25) is 0 Å². The molecule has 2 N–H and O–H groups in total. The van der Waals surface area contributed by atoms with Crippen LogP contribution in [0.5, 0.6) is 11.5 Å². The highest BCUT2D eigenvalue weighted by molar-refractivity contribution is 5.60. The lowest BCUT2D eigenvalue weighted by atomic mass is 10.0. The Kier molecular flexibility index (Phi) is 4.10. The molecule has 104 valence electrons. The molecule has 0 aromatic heterocycles. The molecule has 5 heteroatoms. The molecule has 0 fully saturated rings. The van der Waals surface area contributed by atoms with E-state index in [-0.39, 0.29) is 17.6 Å². The molecular formula is C15H13F2NO2. The van der Waals surface area contributed by atoms with Crippen LogP contribution in [0, 0.1) is 0 Å². The van der Waals surface area contributed by atoms with Crippen molar-refractivity contribution in [1.29, 1.82) is 0 Å². The average Bonchev–Trinajstić information content (AvgIpc) is 2.47. The Hall–Kier alpha value is -2.27. The molecule has 0 saturated carbocycles. The maximum atomic E-state index is 13.9. The molecule has 0 aliphatic heterocycles. The summed E-state index contributed by atoms with van der Waals surface area (Å²) in [6.45, 7) is 0. The van der Waals surface area contributed by atoms with Crippen LogP contribution in [0.1, 0.15) is 5.56 Å². The van der Waals surface area contributed by atoms with E-state index in [1.165, 1.54) is 18.2 Å². The molecule has 0 amide bonds. The maximum Gasteiger partial charge on any atom is 0.294 e. The first-order valence-corrected chi connectivity index (χ1v) is 5.96. The van der Waals surface area contributed by atoms with Crippen molar-refractivity contribution in [1.82, 2.24) is 0 Å². The third kappa shape index (κ3) is 3.00. The SMILES string of the molecule is NC(C=O)C(F)(F)c1cccc(Oc2ccccc2)c1. The summed E-state index contributed by atoms with van der Waals surface area (Å²) in [7, 11) is 0. The summed E-state index contributed by atoms with van der Waals surface area (Å²) in [5, 5.41) is 0. The lowest BCUT2D eigenvalue weighted by Gasteiger charge is -2.20. The molecule has 1 atom stereocenters. The summed E-state index contributed by atoms with van der Waals surface area (Å²) in [6.07, 6.45) is 0.0325. The largest absolute Gasteiger partial charge is 0.457 e. The van der Waals surface area contributed by atoms with Gasteiger partial charge in [0.15, 0.2) is 0 Å². The van der Waals surface area contributed by atoms with Gasteiger partial charge in [-0.05, 0) is 24.3 Å². The van der Waals surface area contributed by atoms with Gasteiger partial charge in [0.05, 0.1) is 0 Å².